The molecule has 2 rings (SSSR count). The van der Waals surface area contributed by atoms with Crippen molar-refractivity contribution in [3.8, 4) is 0 Å². The summed E-state index contributed by atoms with van der Waals surface area (Å²) in [5, 5.41) is 3.52. The van der Waals surface area contributed by atoms with Gasteiger partial charge < -0.3 is 10.2 Å². The lowest BCUT2D eigenvalue weighted by atomic mass is 9.94. The molecule has 2 nitrogen and oxygen atoms in total. The summed E-state index contributed by atoms with van der Waals surface area (Å²) < 4.78 is 0. The molecule has 0 saturated carbocycles. The van der Waals surface area contributed by atoms with Crippen LogP contribution in [0.1, 0.15) is 46.0 Å². The Morgan fingerprint density at radius 1 is 1.29 bits per heavy atom. The molecule has 0 amide bonds. The summed E-state index contributed by atoms with van der Waals surface area (Å²) >= 11 is 0. The lowest BCUT2D eigenvalue weighted by Gasteiger charge is -2.24. The Morgan fingerprint density at radius 3 is 2.82 bits per heavy atom. The Labute approximate surface area is 107 Å². The lowest BCUT2D eigenvalue weighted by molar-refractivity contribution is 0.276. The quantitative estimate of drug-likeness (QED) is 0.792. The van der Waals surface area contributed by atoms with E-state index in [0.29, 0.717) is 0 Å². The second-order valence-corrected chi connectivity index (χ2v) is 6.45. The van der Waals surface area contributed by atoms with E-state index in [1.165, 1.54) is 64.8 Å². The molecule has 0 aromatic carbocycles. The molecule has 0 bridgehead atoms. The minimum atomic E-state index is 0.877. The van der Waals surface area contributed by atoms with Crippen molar-refractivity contribution < 1.29 is 0 Å². The zero-order valence-electron chi connectivity index (χ0n) is 11.8. The van der Waals surface area contributed by atoms with Crippen LogP contribution in [0.25, 0.3) is 0 Å². The first-order valence-electron chi connectivity index (χ1n) is 7.69. The van der Waals surface area contributed by atoms with Gasteiger partial charge in [0.05, 0.1) is 0 Å². The van der Waals surface area contributed by atoms with Crippen LogP contribution in [0.15, 0.2) is 0 Å². The zero-order chi connectivity index (χ0) is 12.1. The summed E-state index contributed by atoms with van der Waals surface area (Å²) in [6.07, 6.45) is 7.14. The summed E-state index contributed by atoms with van der Waals surface area (Å²) in [4.78, 5) is 2.70. The molecule has 2 heterocycles. The zero-order valence-corrected chi connectivity index (χ0v) is 11.8. The molecular formula is C15H30N2. The van der Waals surface area contributed by atoms with Crippen LogP contribution >= 0.6 is 0 Å². The summed E-state index contributed by atoms with van der Waals surface area (Å²) in [6.45, 7) is 11.3. The maximum atomic E-state index is 3.52. The van der Waals surface area contributed by atoms with Crippen LogP contribution in [0.3, 0.4) is 0 Å². The van der Waals surface area contributed by atoms with Crippen LogP contribution in [0.5, 0.6) is 0 Å². The molecular weight excluding hydrogens is 208 g/mol. The highest BCUT2D eigenvalue weighted by atomic mass is 15.1. The maximum absolute atomic E-state index is 3.52. The summed E-state index contributed by atoms with van der Waals surface area (Å²) in [5.41, 5.74) is 0. The predicted molar refractivity (Wildman–Crippen MR) is 74.2 cm³/mol. The van der Waals surface area contributed by atoms with Crippen LogP contribution in [0.4, 0.5) is 0 Å². The van der Waals surface area contributed by atoms with Crippen molar-refractivity contribution in [3.05, 3.63) is 0 Å². The van der Waals surface area contributed by atoms with Gasteiger partial charge in [0.1, 0.15) is 0 Å². The van der Waals surface area contributed by atoms with Crippen LogP contribution in [-0.4, -0.2) is 37.6 Å². The van der Waals surface area contributed by atoms with Crippen molar-refractivity contribution in [2.75, 3.05) is 32.7 Å². The standard InChI is InChI=1S/C15H30N2/c1-13(2)15-7-10-17(12-15)9-4-6-14-5-3-8-16-11-14/h13-16H,3-12H2,1-2H3. The first kappa shape index (κ1) is 13.4. The van der Waals surface area contributed by atoms with E-state index in [9.17, 15) is 0 Å². The van der Waals surface area contributed by atoms with Gasteiger partial charge in [-0.1, -0.05) is 13.8 Å². The molecule has 2 unspecified atom stereocenters. The first-order chi connectivity index (χ1) is 8.25. The van der Waals surface area contributed by atoms with Crippen molar-refractivity contribution in [1.29, 1.82) is 0 Å². The SMILES string of the molecule is CC(C)C1CCN(CCCC2CCCNC2)C1. The van der Waals surface area contributed by atoms with Gasteiger partial charge in [0, 0.05) is 6.54 Å². The molecule has 2 aliphatic heterocycles. The van der Waals surface area contributed by atoms with Gasteiger partial charge in [0.15, 0.2) is 0 Å². The Bertz CT molecular complexity index is 209. The number of nitrogens with one attached hydrogen (secondary N) is 1. The molecule has 0 radical (unpaired) electrons. The highest BCUT2D eigenvalue weighted by Gasteiger charge is 2.24. The molecule has 2 saturated heterocycles. The van der Waals surface area contributed by atoms with Crippen molar-refractivity contribution in [3.63, 3.8) is 0 Å². The summed E-state index contributed by atoms with van der Waals surface area (Å²) in [5.74, 6) is 2.81. The van der Waals surface area contributed by atoms with Gasteiger partial charge in [0.25, 0.3) is 0 Å². The predicted octanol–water partition coefficient (Wildman–Crippen LogP) is 2.74. The highest BCUT2D eigenvalue weighted by Crippen LogP contribution is 2.24. The molecule has 0 aliphatic carbocycles. The molecule has 2 aliphatic rings. The Morgan fingerprint density at radius 2 is 2.18 bits per heavy atom. The van der Waals surface area contributed by atoms with Gasteiger partial charge in [-0.15, -0.1) is 0 Å². The van der Waals surface area contributed by atoms with Gasteiger partial charge in [-0.25, -0.2) is 0 Å². The fourth-order valence-electron chi connectivity index (χ4n) is 3.38. The third-order valence-electron chi connectivity index (χ3n) is 4.74. The van der Waals surface area contributed by atoms with E-state index in [4.69, 9.17) is 0 Å². The normalized spacial score (nSPS) is 31.2. The second-order valence-electron chi connectivity index (χ2n) is 6.45. The molecule has 2 atom stereocenters. The van der Waals surface area contributed by atoms with E-state index < -0.39 is 0 Å². The number of hydrogen-bond acceptors (Lipinski definition) is 2. The third kappa shape index (κ3) is 4.26. The van der Waals surface area contributed by atoms with Crippen molar-refractivity contribution in [2.45, 2.75) is 46.0 Å². The second kappa shape index (κ2) is 6.75. The third-order valence-corrected chi connectivity index (χ3v) is 4.74. The van der Waals surface area contributed by atoms with Crippen molar-refractivity contribution in [2.24, 2.45) is 17.8 Å². The van der Waals surface area contributed by atoms with Gasteiger partial charge in [-0.2, -0.15) is 0 Å². The number of rotatable bonds is 5. The molecule has 0 aromatic rings. The minimum Gasteiger partial charge on any atom is -0.316 e. The number of hydrogen-bond donors (Lipinski definition) is 1. The molecule has 17 heavy (non-hydrogen) atoms. The molecule has 1 N–H and O–H groups in total. The molecule has 2 heteroatoms. The summed E-state index contributed by atoms with van der Waals surface area (Å²) in [7, 11) is 0. The Hall–Kier alpha value is -0.0800. The van der Waals surface area contributed by atoms with Gasteiger partial charge >= 0.3 is 0 Å². The molecule has 0 spiro atoms. The van der Waals surface area contributed by atoms with Crippen molar-refractivity contribution in [1.82, 2.24) is 10.2 Å². The monoisotopic (exact) mass is 238 g/mol. The topological polar surface area (TPSA) is 15.3 Å². The largest absolute Gasteiger partial charge is 0.316 e. The minimum absolute atomic E-state index is 0.877. The van der Waals surface area contributed by atoms with E-state index in [-0.39, 0.29) is 0 Å². The number of piperidine rings is 1. The Kier molecular flexibility index (Phi) is 5.30. The molecule has 0 aromatic heterocycles. The average Bonchev–Trinajstić information content (AvgIpc) is 2.79. The fraction of sp³-hybridized carbons (Fsp3) is 1.00. The number of nitrogens with zero attached hydrogens (tertiary/aromatic N) is 1. The van der Waals surface area contributed by atoms with E-state index in [2.05, 4.69) is 24.1 Å². The van der Waals surface area contributed by atoms with Gasteiger partial charge in [-0.05, 0) is 76.0 Å². The van der Waals surface area contributed by atoms with Crippen LogP contribution < -0.4 is 5.32 Å². The first-order valence-corrected chi connectivity index (χ1v) is 7.69. The maximum Gasteiger partial charge on any atom is 0.00126 e. The van der Waals surface area contributed by atoms with E-state index >= 15 is 0 Å². The lowest BCUT2D eigenvalue weighted by Crippen LogP contribution is -2.30. The summed E-state index contributed by atoms with van der Waals surface area (Å²) in [6, 6.07) is 0. The smallest absolute Gasteiger partial charge is 0.00126 e. The fourth-order valence-corrected chi connectivity index (χ4v) is 3.38. The van der Waals surface area contributed by atoms with E-state index in [1.807, 2.05) is 0 Å². The van der Waals surface area contributed by atoms with E-state index in [0.717, 1.165) is 17.8 Å². The molecule has 2 fully saturated rings. The van der Waals surface area contributed by atoms with Crippen LogP contribution in [0, 0.1) is 17.8 Å². The van der Waals surface area contributed by atoms with Crippen LogP contribution in [-0.2, 0) is 0 Å². The highest BCUT2D eigenvalue weighted by molar-refractivity contribution is 4.78. The number of likely N-dealkylation sites (tertiary alicyclic amines) is 1. The van der Waals surface area contributed by atoms with Gasteiger partial charge in [0.2, 0.25) is 0 Å². The average molecular weight is 238 g/mol. The van der Waals surface area contributed by atoms with E-state index in [1.54, 1.807) is 0 Å². The van der Waals surface area contributed by atoms with Crippen molar-refractivity contribution >= 4 is 0 Å². The molecule has 100 valence electrons. The van der Waals surface area contributed by atoms with Crippen LogP contribution in [0.2, 0.25) is 0 Å². The Balaban J connectivity index is 1.56. The van der Waals surface area contributed by atoms with Gasteiger partial charge in [-0.3, -0.25) is 0 Å².